The van der Waals surface area contributed by atoms with Crippen molar-refractivity contribution in [2.75, 3.05) is 11.8 Å². The lowest BCUT2D eigenvalue weighted by atomic mass is 9.99. The summed E-state index contributed by atoms with van der Waals surface area (Å²) in [4.78, 5) is 0. The van der Waals surface area contributed by atoms with Crippen molar-refractivity contribution in [2.45, 2.75) is 44.2 Å². The van der Waals surface area contributed by atoms with E-state index in [9.17, 15) is 20.5 Å². The van der Waals surface area contributed by atoms with Crippen molar-refractivity contribution in [3.8, 4) is 0 Å². The second-order valence-corrected chi connectivity index (χ2v) is 5.39. The predicted octanol–water partition coefficient (Wildman–Crippen LogP) is -0.995. The second kappa shape index (κ2) is 7.51. The molecule has 1 heterocycles. The first-order valence-electron chi connectivity index (χ1n) is 7.03. The Kier molecular flexibility index (Phi) is 5.89. The van der Waals surface area contributed by atoms with Gasteiger partial charge in [0.15, 0.2) is 6.29 Å². The zero-order valence-electron chi connectivity index (χ0n) is 12.4. The summed E-state index contributed by atoms with van der Waals surface area (Å²) in [6.07, 6.45) is -6.78. The van der Waals surface area contributed by atoms with E-state index >= 15 is 0 Å². The molecular formula is C14H20NO8-. The molecule has 1 fully saturated rings. The van der Waals surface area contributed by atoms with Crippen LogP contribution >= 0.6 is 0 Å². The van der Waals surface area contributed by atoms with Gasteiger partial charge in [-0.2, -0.15) is 0 Å². The molecule has 1 aliphatic heterocycles. The molecule has 0 radical (unpaired) electrons. The van der Waals surface area contributed by atoms with Crippen LogP contribution in [0.4, 0.5) is 5.69 Å². The Balaban J connectivity index is 2.06. The minimum atomic E-state index is -1.52. The minimum Gasteiger partial charge on any atom is -0.733 e. The normalized spacial score (nSPS) is 31.2. The molecule has 130 valence electrons. The number of hydrogen-bond donors (Lipinski definition) is 5. The van der Waals surface area contributed by atoms with Crippen molar-refractivity contribution < 1.29 is 35.1 Å². The Morgan fingerprint density at radius 2 is 1.91 bits per heavy atom. The van der Waals surface area contributed by atoms with Crippen LogP contribution in [0.15, 0.2) is 18.2 Å². The third-order valence-electron chi connectivity index (χ3n) is 3.81. The molecule has 9 heteroatoms. The Hall–Kier alpha value is -1.30. The van der Waals surface area contributed by atoms with Gasteiger partial charge in [-0.15, -0.1) is 0 Å². The summed E-state index contributed by atoms with van der Waals surface area (Å²) in [6, 6.07) is 4.45. The monoisotopic (exact) mass is 330 g/mol. The molecule has 0 bridgehead atoms. The average Bonchev–Trinajstić information content (AvgIpc) is 2.53. The van der Waals surface area contributed by atoms with Gasteiger partial charge in [-0.1, -0.05) is 6.07 Å². The van der Waals surface area contributed by atoms with E-state index in [1.807, 2.05) is 0 Å². The van der Waals surface area contributed by atoms with Crippen LogP contribution in [-0.4, -0.2) is 62.9 Å². The van der Waals surface area contributed by atoms with E-state index in [1.54, 1.807) is 13.0 Å². The first-order chi connectivity index (χ1) is 10.8. The lowest BCUT2D eigenvalue weighted by Gasteiger charge is -2.39. The Labute approximate surface area is 132 Å². The van der Waals surface area contributed by atoms with E-state index < -0.39 is 37.3 Å². The maximum Gasteiger partial charge on any atom is 0.187 e. The van der Waals surface area contributed by atoms with Crippen LogP contribution in [0, 0.1) is 12.1 Å². The number of nitrogens with zero attached hydrogens (tertiary/aromatic N) is 1. The lowest BCUT2D eigenvalue weighted by molar-refractivity contribution is -0.304. The Morgan fingerprint density at radius 3 is 2.52 bits per heavy atom. The molecular weight excluding hydrogens is 310 g/mol. The van der Waals surface area contributed by atoms with E-state index in [0.29, 0.717) is 5.56 Å². The van der Waals surface area contributed by atoms with Gasteiger partial charge in [0.25, 0.3) is 0 Å². The van der Waals surface area contributed by atoms with Crippen LogP contribution < -0.4 is 5.23 Å². The van der Waals surface area contributed by atoms with Crippen LogP contribution in [0.3, 0.4) is 0 Å². The number of benzene rings is 1. The van der Waals surface area contributed by atoms with E-state index in [1.165, 1.54) is 12.1 Å². The average molecular weight is 330 g/mol. The summed E-state index contributed by atoms with van der Waals surface area (Å²) in [7, 11) is 0. The van der Waals surface area contributed by atoms with Crippen LogP contribution in [0.1, 0.15) is 11.1 Å². The molecule has 1 aliphatic rings. The summed E-state index contributed by atoms with van der Waals surface area (Å²) >= 11 is 0. The third-order valence-corrected chi connectivity index (χ3v) is 3.81. The standard InChI is InChI=1S/C14H20NO8/c1-7-2-3-9(15(20)21)4-8(7)6-22-14-13(19)12(18)11(17)10(5-16)23-14/h2-4,10-14,16-20H,5-6H2,1H3/q-1/t10-,11-,12+,13-,14-/m0/s1. The Morgan fingerprint density at radius 1 is 1.22 bits per heavy atom. The number of anilines is 1. The molecule has 23 heavy (non-hydrogen) atoms. The van der Waals surface area contributed by atoms with Crippen molar-refractivity contribution in [1.82, 2.24) is 0 Å². The van der Waals surface area contributed by atoms with E-state index in [0.717, 1.165) is 5.56 Å². The number of hydrogen-bond acceptors (Lipinski definition) is 9. The second-order valence-electron chi connectivity index (χ2n) is 5.39. The molecule has 5 atom stereocenters. The summed E-state index contributed by atoms with van der Waals surface area (Å²) in [5.41, 5.74) is 1.36. The van der Waals surface area contributed by atoms with Crippen LogP contribution in [0.2, 0.25) is 0 Å². The van der Waals surface area contributed by atoms with Gasteiger partial charge >= 0.3 is 0 Å². The molecule has 2 rings (SSSR count). The molecule has 0 saturated carbocycles. The first-order valence-corrected chi connectivity index (χ1v) is 7.03. The van der Waals surface area contributed by atoms with E-state index in [-0.39, 0.29) is 17.5 Å². The van der Waals surface area contributed by atoms with Crippen molar-refractivity contribution in [3.63, 3.8) is 0 Å². The van der Waals surface area contributed by atoms with Gasteiger partial charge in [0.2, 0.25) is 0 Å². The highest BCUT2D eigenvalue weighted by molar-refractivity contribution is 5.49. The fourth-order valence-corrected chi connectivity index (χ4v) is 2.31. The molecule has 5 N–H and O–H groups in total. The van der Waals surface area contributed by atoms with Gasteiger partial charge in [-0.3, -0.25) is 5.21 Å². The molecule has 0 unspecified atom stereocenters. The number of aliphatic hydroxyl groups is 4. The van der Waals surface area contributed by atoms with Crippen LogP contribution in [0.25, 0.3) is 0 Å². The molecule has 1 aromatic carbocycles. The molecule has 0 aliphatic carbocycles. The van der Waals surface area contributed by atoms with Gasteiger partial charge in [-0.25, -0.2) is 0 Å². The minimum absolute atomic E-state index is 0.0167. The number of aliphatic hydroxyl groups excluding tert-OH is 4. The molecule has 0 spiro atoms. The van der Waals surface area contributed by atoms with Crippen molar-refractivity contribution in [1.29, 1.82) is 0 Å². The number of ether oxygens (including phenoxy) is 2. The largest absolute Gasteiger partial charge is 0.733 e. The fraction of sp³-hybridized carbons (Fsp3) is 0.571. The van der Waals surface area contributed by atoms with Crippen molar-refractivity contribution in [2.24, 2.45) is 0 Å². The highest BCUT2D eigenvalue weighted by Gasteiger charge is 2.43. The fourth-order valence-electron chi connectivity index (χ4n) is 2.31. The molecule has 9 nitrogen and oxygen atoms in total. The van der Waals surface area contributed by atoms with Crippen molar-refractivity contribution in [3.05, 3.63) is 34.5 Å². The van der Waals surface area contributed by atoms with Crippen molar-refractivity contribution >= 4 is 5.69 Å². The summed E-state index contributed by atoms with van der Waals surface area (Å²) < 4.78 is 10.6. The topological polar surface area (TPSA) is 146 Å². The lowest BCUT2D eigenvalue weighted by Crippen LogP contribution is -2.59. The zero-order valence-corrected chi connectivity index (χ0v) is 12.4. The maximum atomic E-state index is 10.9. The Bertz CT molecular complexity index is 523. The SMILES string of the molecule is Cc1ccc(N([O-])O)cc1CO[C@H]1O[C@@H](CO)[C@H](O)[C@@H](O)[C@@H]1O. The van der Waals surface area contributed by atoms with Gasteiger partial charge in [0, 0.05) is 0 Å². The van der Waals surface area contributed by atoms with Gasteiger partial charge in [-0.05, 0) is 30.2 Å². The molecule has 0 aromatic heterocycles. The predicted molar refractivity (Wildman–Crippen MR) is 77.4 cm³/mol. The quantitative estimate of drug-likeness (QED) is 0.429. The summed E-state index contributed by atoms with van der Waals surface area (Å²) in [6.45, 7) is 1.15. The summed E-state index contributed by atoms with van der Waals surface area (Å²) in [5.74, 6) is 0. The number of aryl methyl sites for hydroxylation is 1. The van der Waals surface area contributed by atoms with Gasteiger partial charge in [0.1, 0.15) is 24.4 Å². The molecule has 1 aromatic rings. The zero-order chi connectivity index (χ0) is 17.1. The van der Waals surface area contributed by atoms with E-state index in [2.05, 4.69) is 0 Å². The van der Waals surface area contributed by atoms with Crippen LogP contribution in [0.5, 0.6) is 0 Å². The molecule has 1 saturated heterocycles. The van der Waals surface area contributed by atoms with Crippen LogP contribution in [-0.2, 0) is 16.1 Å². The van der Waals surface area contributed by atoms with E-state index in [4.69, 9.17) is 19.8 Å². The van der Waals surface area contributed by atoms with Gasteiger partial charge < -0.3 is 40.3 Å². The smallest absolute Gasteiger partial charge is 0.187 e. The summed E-state index contributed by atoms with van der Waals surface area (Å²) in [5, 5.41) is 57.9. The molecule has 0 amide bonds. The highest BCUT2D eigenvalue weighted by Crippen LogP contribution is 2.24. The number of rotatable bonds is 5. The first kappa shape index (κ1) is 18.0. The highest BCUT2D eigenvalue weighted by atomic mass is 16.8. The third kappa shape index (κ3) is 3.97. The maximum absolute atomic E-state index is 10.9. The van der Waals surface area contributed by atoms with Gasteiger partial charge in [0.05, 0.1) is 18.9 Å².